The number of imidazole rings is 1. The second-order valence-electron chi connectivity index (χ2n) is 2.67. The molecule has 0 saturated carbocycles. The van der Waals surface area contributed by atoms with Gasteiger partial charge >= 0.3 is 10.4 Å². The van der Waals surface area contributed by atoms with Crippen molar-refractivity contribution in [1.29, 1.82) is 0 Å². The maximum atomic E-state index is 9.56. The van der Waals surface area contributed by atoms with E-state index in [1.165, 1.54) is 6.92 Å². The number of hydrogen-bond donors (Lipinski definition) is 2. The zero-order chi connectivity index (χ0) is 11.9. The van der Waals surface area contributed by atoms with Crippen molar-refractivity contribution in [3.63, 3.8) is 0 Å². The van der Waals surface area contributed by atoms with Crippen LogP contribution in [0.5, 0.6) is 0 Å². The smallest absolute Gasteiger partial charge is 0.349 e. The summed E-state index contributed by atoms with van der Waals surface area (Å²) >= 11 is 0. The summed E-state index contributed by atoms with van der Waals surface area (Å²) in [4.78, 5) is 7.18. The Morgan fingerprint density at radius 3 is 2.27 bits per heavy atom. The molecular weight excluding hydrogens is 220 g/mol. The Labute approximate surface area is 89.6 Å². The van der Waals surface area contributed by atoms with Crippen LogP contribution in [0.15, 0.2) is 6.20 Å². The second-order valence-corrected chi connectivity index (χ2v) is 3.76. The number of aryl methyl sites for hydroxylation is 2. The quantitative estimate of drug-likeness (QED) is 0.767. The highest BCUT2D eigenvalue weighted by atomic mass is 32.3. The van der Waals surface area contributed by atoms with Crippen LogP contribution < -0.4 is 0 Å². The monoisotopic (exact) mass is 236 g/mol. The minimum Gasteiger partial charge on any atom is -0.349 e. The molecule has 1 aromatic rings. The zero-order valence-corrected chi connectivity index (χ0v) is 9.84. The van der Waals surface area contributed by atoms with Gasteiger partial charge in [0.25, 0.3) is 0 Å². The molecular formula is C8H16N2O4S. The van der Waals surface area contributed by atoms with E-state index in [-0.39, 0.29) is 6.61 Å². The van der Waals surface area contributed by atoms with Crippen LogP contribution in [0.25, 0.3) is 0 Å². The summed E-state index contributed by atoms with van der Waals surface area (Å²) in [5, 5.41) is 0. The lowest BCUT2D eigenvalue weighted by Gasteiger charge is -1.88. The lowest BCUT2D eigenvalue weighted by Crippen LogP contribution is -2.01. The highest BCUT2D eigenvalue weighted by Gasteiger charge is 1.98. The third-order valence-corrected chi connectivity index (χ3v) is 1.92. The minimum atomic E-state index is -4.17. The van der Waals surface area contributed by atoms with E-state index >= 15 is 0 Å². The molecule has 2 N–H and O–H groups in total. The molecule has 6 nitrogen and oxygen atoms in total. The van der Waals surface area contributed by atoms with Gasteiger partial charge in [0.2, 0.25) is 0 Å². The SMILES string of the molecule is CCOS(=O)(=O)O.CCc1c[nH]c(C)n1. The maximum absolute atomic E-state index is 9.56. The number of aromatic amines is 1. The van der Waals surface area contributed by atoms with E-state index in [4.69, 9.17) is 4.55 Å². The van der Waals surface area contributed by atoms with Gasteiger partial charge in [0.1, 0.15) is 5.82 Å². The van der Waals surface area contributed by atoms with Crippen molar-refractivity contribution >= 4 is 10.4 Å². The molecule has 0 unspecified atom stereocenters. The normalized spacial score (nSPS) is 10.7. The van der Waals surface area contributed by atoms with Gasteiger partial charge in [-0.25, -0.2) is 9.17 Å². The van der Waals surface area contributed by atoms with E-state index in [2.05, 4.69) is 21.1 Å². The molecule has 0 aliphatic carbocycles. The average molecular weight is 236 g/mol. The van der Waals surface area contributed by atoms with Crippen LogP contribution in [0.3, 0.4) is 0 Å². The average Bonchev–Trinajstić information content (AvgIpc) is 2.50. The van der Waals surface area contributed by atoms with E-state index in [1.54, 1.807) is 0 Å². The summed E-state index contributed by atoms with van der Waals surface area (Å²) in [7, 11) is -4.17. The Morgan fingerprint density at radius 1 is 1.53 bits per heavy atom. The predicted molar refractivity (Wildman–Crippen MR) is 55.9 cm³/mol. The fourth-order valence-corrected chi connectivity index (χ4v) is 1.10. The third-order valence-electron chi connectivity index (χ3n) is 1.39. The van der Waals surface area contributed by atoms with Gasteiger partial charge in [-0.05, 0) is 20.3 Å². The van der Waals surface area contributed by atoms with Crippen molar-refractivity contribution < 1.29 is 17.2 Å². The maximum Gasteiger partial charge on any atom is 0.397 e. The van der Waals surface area contributed by atoms with Crippen LogP contribution >= 0.6 is 0 Å². The van der Waals surface area contributed by atoms with Gasteiger partial charge in [-0.15, -0.1) is 0 Å². The van der Waals surface area contributed by atoms with Gasteiger partial charge in [-0.2, -0.15) is 8.42 Å². The van der Waals surface area contributed by atoms with E-state index in [1.807, 2.05) is 13.1 Å². The molecule has 0 aromatic carbocycles. The molecule has 0 atom stereocenters. The summed E-state index contributed by atoms with van der Waals surface area (Å²) in [5.74, 6) is 1.00. The van der Waals surface area contributed by atoms with Crippen molar-refractivity contribution in [2.75, 3.05) is 6.61 Å². The first-order chi connectivity index (χ1) is 6.89. The van der Waals surface area contributed by atoms with Gasteiger partial charge in [0.05, 0.1) is 12.3 Å². The highest BCUT2D eigenvalue weighted by molar-refractivity contribution is 7.80. The summed E-state index contributed by atoms with van der Waals surface area (Å²) in [5.41, 5.74) is 1.14. The Morgan fingerprint density at radius 2 is 2.13 bits per heavy atom. The first-order valence-electron chi connectivity index (χ1n) is 4.51. The van der Waals surface area contributed by atoms with Crippen LogP contribution in [0, 0.1) is 6.92 Å². The Balaban J connectivity index is 0.000000265. The highest BCUT2D eigenvalue weighted by Crippen LogP contribution is 1.94. The van der Waals surface area contributed by atoms with Gasteiger partial charge in [-0.1, -0.05) is 6.92 Å². The fraction of sp³-hybridized carbons (Fsp3) is 0.625. The first kappa shape index (κ1) is 14.1. The number of nitrogens with zero attached hydrogens (tertiary/aromatic N) is 1. The Hall–Kier alpha value is -0.920. The van der Waals surface area contributed by atoms with Crippen LogP contribution in [0.1, 0.15) is 25.4 Å². The topological polar surface area (TPSA) is 92.3 Å². The molecule has 7 heteroatoms. The molecule has 0 saturated heterocycles. The summed E-state index contributed by atoms with van der Waals surface area (Å²) in [6.45, 7) is 5.49. The molecule has 0 aliphatic heterocycles. The lowest BCUT2D eigenvalue weighted by atomic mass is 10.4. The van der Waals surface area contributed by atoms with Crippen molar-refractivity contribution in [2.45, 2.75) is 27.2 Å². The molecule has 1 heterocycles. The second kappa shape index (κ2) is 6.54. The molecule has 0 bridgehead atoms. The minimum absolute atomic E-state index is 0.0289. The van der Waals surface area contributed by atoms with E-state index in [0.717, 1.165) is 17.9 Å². The molecule has 0 fully saturated rings. The molecule has 0 spiro atoms. The predicted octanol–water partition coefficient (Wildman–Crippen LogP) is 1.11. The van der Waals surface area contributed by atoms with Crippen LogP contribution in [-0.2, 0) is 21.0 Å². The lowest BCUT2D eigenvalue weighted by molar-refractivity contribution is 0.283. The van der Waals surface area contributed by atoms with Gasteiger partial charge < -0.3 is 4.98 Å². The molecule has 0 amide bonds. The van der Waals surface area contributed by atoms with Crippen LogP contribution in [0.4, 0.5) is 0 Å². The Kier molecular flexibility index (Phi) is 6.14. The van der Waals surface area contributed by atoms with Gasteiger partial charge in [0, 0.05) is 6.20 Å². The molecule has 1 rings (SSSR count). The Bertz CT molecular complexity index is 372. The van der Waals surface area contributed by atoms with Gasteiger partial charge in [-0.3, -0.25) is 4.55 Å². The number of rotatable bonds is 3. The van der Waals surface area contributed by atoms with Crippen LogP contribution in [-0.4, -0.2) is 29.5 Å². The number of H-pyrrole nitrogens is 1. The zero-order valence-electron chi connectivity index (χ0n) is 9.02. The number of aromatic nitrogens is 2. The van der Waals surface area contributed by atoms with Crippen molar-refractivity contribution in [3.8, 4) is 0 Å². The van der Waals surface area contributed by atoms with E-state index in [9.17, 15) is 8.42 Å². The number of nitrogens with one attached hydrogen (secondary N) is 1. The molecule has 88 valence electrons. The van der Waals surface area contributed by atoms with Crippen molar-refractivity contribution in [1.82, 2.24) is 9.97 Å². The van der Waals surface area contributed by atoms with Crippen LogP contribution in [0.2, 0.25) is 0 Å². The molecule has 1 aromatic heterocycles. The molecule has 15 heavy (non-hydrogen) atoms. The van der Waals surface area contributed by atoms with Gasteiger partial charge in [0.15, 0.2) is 0 Å². The van der Waals surface area contributed by atoms with E-state index in [0.29, 0.717) is 0 Å². The summed E-state index contributed by atoms with van der Waals surface area (Å²) in [6.07, 6.45) is 2.96. The largest absolute Gasteiger partial charge is 0.397 e. The van der Waals surface area contributed by atoms with E-state index < -0.39 is 10.4 Å². The van der Waals surface area contributed by atoms with Crippen molar-refractivity contribution in [2.24, 2.45) is 0 Å². The fourth-order valence-electron chi connectivity index (χ4n) is 0.798. The molecule has 0 radical (unpaired) electrons. The summed E-state index contributed by atoms with van der Waals surface area (Å²) < 4.78 is 30.7. The molecule has 0 aliphatic rings. The standard InChI is InChI=1S/C6H10N2.C2H6O4S/c1-3-6-4-7-5(2)8-6;1-2-6-7(3,4)5/h4H,3H2,1-2H3,(H,7,8);2H2,1H3,(H,3,4,5). The first-order valence-corrected chi connectivity index (χ1v) is 5.88. The number of hydrogen-bond acceptors (Lipinski definition) is 4. The van der Waals surface area contributed by atoms with Crippen molar-refractivity contribution in [3.05, 3.63) is 17.7 Å². The third kappa shape index (κ3) is 8.10. The summed E-state index contributed by atoms with van der Waals surface area (Å²) in [6, 6.07) is 0.